The van der Waals surface area contributed by atoms with E-state index in [1.54, 1.807) is 5.38 Å². The van der Waals surface area contributed by atoms with E-state index in [1.165, 1.54) is 43.6 Å². The number of aryl methyl sites for hydroxylation is 1. The molecule has 0 N–H and O–H groups in total. The van der Waals surface area contributed by atoms with E-state index < -0.39 is 16.0 Å². The molecule has 0 aliphatic heterocycles. The fourth-order valence-electron chi connectivity index (χ4n) is 1.72. The number of aromatic nitrogens is 1. The van der Waals surface area contributed by atoms with Gasteiger partial charge in [0.2, 0.25) is 10.0 Å². The van der Waals surface area contributed by atoms with Crippen LogP contribution in [0.1, 0.15) is 21.1 Å². The lowest BCUT2D eigenvalue weighted by atomic mass is 10.2. The van der Waals surface area contributed by atoms with E-state index in [4.69, 9.17) is 16.3 Å². The maximum atomic E-state index is 12.2. The number of sulfonamides is 1. The molecule has 0 radical (unpaired) electrons. The van der Waals surface area contributed by atoms with Gasteiger partial charge in [0.1, 0.15) is 6.61 Å². The van der Waals surface area contributed by atoms with Gasteiger partial charge < -0.3 is 4.74 Å². The fraction of sp³-hybridized carbons (Fsp3) is 0.286. The highest BCUT2D eigenvalue weighted by Crippen LogP contribution is 2.23. The lowest BCUT2D eigenvalue weighted by Crippen LogP contribution is -2.22. The first kappa shape index (κ1) is 17.9. The van der Waals surface area contributed by atoms with E-state index in [2.05, 4.69) is 4.98 Å². The van der Waals surface area contributed by atoms with Crippen LogP contribution >= 0.6 is 22.9 Å². The molecule has 6 nitrogen and oxygen atoms in total. The quantitative estimate of drug-likeness (QED) is 0.752. The highest BCUT2D eigenvalue weighted by molar-refractivity contribution is 7.89. The molecule has 2 aromatic rings. The Morgan fingerprint density at radius 3 is 2.65 bits per heavy atom. The molecule has 1 aromatic heterocycles. The molecule has 0 amide bonds. The number of hydrogen-bond acceptors (Lipinski definition) is 6. The summed E-state index contributed by atoms with van der Waals surface area (Å²) >= 11 is 7.43. The van der Waals surface area contributed by atoms with Crippen LogP contribution in [0.15, 0.2) is 28.5 Å². The van der Waals surface area contributed by atoms with Gasteiger partial charge >= 0.3 is 5.97 Å². The first-order chi connectivity index (χ1) is 10.7. The Morgan fingerprint density at radius 2 is 2.09 bits per heavy atom. The van der Waals surface area contributed by atoms with Crippen molar-refractivity contribution in [1.29, 1.82) is 0 Å². The smallest absolute Gasteiger partial charge is 0.340 e. The molecular weight excluding hydrogens is 360 g/mol. The molecule has 1 heterocycles. The lowest BCUT2D eigenvalue weighted by molar-refractivity contribution is 0.0468. The Bertz CT molecular complexity index is 831. The predicted molar refractivity (Wildman–Crippen MR) is 88.3 cm³/mol. The van der Waals surface area contributed by atoms with Crippen LogP contribution < -0.4 is 0 Å². The number of thiazole rings is 1. The first-order valence-corrected chi connectivity index (χ1v) is 9.22. The van der Waals surface area contributed by atoms with E-state index in [9.17, 15) is 13.2 Å². The Balaban J connectivity index is 2.23. The Kier molecular flexibility index (Phi) is 5.41. The van der Waals surface area contributed by atoms with Crippen molar-refractivity contribution in [3.63, 3.8) is 0 Å². The van der Waals surface area contributed by atoms with Gasteiger partial charge in [-0.15, -0.1) is 11.3 Å². The van der Waals surface area contributed by atoms with Crippen LogP contribution in [0.3, 0.4) is 0 Å². The SMILES string of the molecule is Cc1nc(COC(=O)c2cc(S(=O)(=O)N(C)C)ccc2Cl)cs1. The van der Waals surface area contributed by atoms with E-state index in [-0.39, 0.29) is 22.1 Å². The summed E-state index contributed by atoms with van der Waals surface area (Å²) in [4.78, 5) is 16.3. The molecule has 0 fully saturated rings. The van der Waals surface area contributed by atoms with Crippen LogP contribution in [0.4, 0.5) is 0 Å². The van der Waals surface area contributed by atoms with Crippen molar-refractivity contribution >= 4 is 38.9 Å². The fourth-order valence-corrected chi connectivity index (χ4v) is 3.44. The van der Waals surface area contributed by atoms with Crippen LogP contribution in [0.5, 0.6) is 0 Å². The second kappa shape index (κ2) is 6.96. The second-order valence-corrected chi connectivity index (χ2v) is 8.48. The van der Waals surface area contributed by atoms with Crippen molar-refractivity contribution in [1.82, 2.24) is 9.29 Å². The number of esters is 1. The number of carbonyl (C=O) groups excluding carboxylic acids is 1. The zero-order valence-corrected chi connectivity index (χ0v) is 15.1. The van der Waals surface area contributed by atoms with Crippen molar-refractivity contribution in [2.45, 2.75) is 18.4 Å². The molecule has 23 heavy (non-hydrogen) atoms. The zero-order chi connectivity index (χ0) is 17.2. The number of hydrogen-bond donors (Lipinski definition) is 0. The number of benzene rings is 1. The zero-order valence-electron chi connectivity index (χ0n) is 12.7. The average molecular weight is 375 g/mol. The topological polar surface area (TPSA) is 76.6 Å². The van der Waals surface area contributed by atoms with E-state index in [0.717, 1.165) is 9.31 Å². The molecule has 0 atom stereocenters. The van der Waals surface area contributed by atoms with Crippen LogP contribution in [-0.4, -0.2) is 37.8 Å². The van der Waals surface area contributed by atoms with Gasteiger partial charge in [-0.2, -0.15) is 0 Å². The minimum atomic E-state index is -3.66. The number of nitrogens with zero attached hydrogens (tertiary/aromatic N) is 2. The molecule has 0 bridgehead atoms. The molecule has 0 saturated carbocycles. The van der Waals surface area contributed by atoms with E-state index in [0.29, 0.717) is 5.69 Å². The van der Waals surface area contributed by atoms with Gasteiger partial charge in [0.05, 0.1) is 26.2 Å². The van der Waals surface area contributed by atoms with Gasteiger partial charge in [-0.1, -0.05) is 11.6 Å². The number of halogens is 1. The maximum Gasteiger partial charge on any atom is 0.340 e. The summed E-state index contributed by atoms with van der Waals surface area (Å²) in [5.41, 5.74) is 0.635. The third-order valence-electron chi connectivity index (χ3n) is 2.95. The second-order valence-electron chi connectivity index (χ2n) is 4.86. The molecule has 0 spiro atoms. The summed E-state index contributed by atoms with van der Waals surface area (Å²) in [6, 6.07) is 3.92. The number of rotatable bonds is 5. The van der Waals surface area contributed by atoms with Gasteiger partial charge in [-0.05, 0) is 25.1 Å². The molecule has 0 aliphatic carbocycles. The molecule has 0 aliphatic rings. The summed E-state index contributed by atoms with van der Waals surface area (Å²) in [5, 5.41) is 2.78. The number of carbonyl (C=O) groups is 1. The Hall–Kier alpha value is -1.48. The van der Waals surface area contributed by atoms with Crippen molar-refractivity contribution in [3.05, 3.63) is 44.9 Å². The Labute approximate surface area is 143 Å². The maximum absolute atomic E-state index is 12.2. The molecule has 9 heteroatoms. The van der Waals surface area contributed by atoms with E-state index >= 15 is 0 Å². The average Bonchev–Trinajstić information content (AvgIpc) is 2.90. The standard InChI is InChI=1S/C14H15ClN2O4S2/c1-9-16-10(8-22-9)7-21-14(18)12-6-11(4-5-13(12)15)23(19,20)17(2)3/h4-6,8H,7H2,1-3H3. The van der Waals surface area contributed by atoms with Crippen LogP contribution in [0.25, 0.3) is 0 Å². The molecule has 0 saturated heterocycles. The molecule has 124 valence electrons. The van der Waals surface area contributed by atoms with Crippen molar-refractivity contribution in [3.8, 4) is 0 Å². The van der Waals surface area contributed by atoms with Gasteiger partial charge in [0.15, 0.2) is 0 Å². The van der Waals surface area contributed by atoms with Crippen molar-refractivity contribution in [2.24, 2.45) is 0 Å². The van der Waals surface area contributed by atoms with Gasteiger partial charge in [0, 0.05) is 19.5 Å². The normalized spacial score (nSPS) is 11.7. The van der Waals surface area contributed by atoms with E-state index in [1.807, 2.05) is 6.92 Å². The minimum Gasteiger partial charge on any atom is -0.456 e. The van der Waals surface area contributed by atoms with Crippen LogP contribution in [0.2, 0.25) is 5.02 Å². The molecular formula is C14H15ClN2O4S2. The van der Waals surface area contributed by atoms with Crippen LogP contribution in [-0.2, 0) is 21.4 Å². The summed E-state index contributed by atoms with van der Waals surface area (Å²) in [6.45, 7) is 1.85. The van der Waals surface area contributed by atoms with Crippen molar-refractivity contribution < 1.29 is 17.9 Å². The van der Waals surface area contributed by atoms with Gasteiger partial charge in [-0.25, -0.2) is 22.5 Å². The van der Waals surface area contributed by atoms with Gasteiger partial charge in [0.25, 0.3) is 0 Å². The first-order valence-electron chi connectivity index (χ1n) is 6.52. The monoisotopic (exact) mass is 374 g/mol. The third-order valence-corrected chi connectivity index (χ3v) is 5.92. The largest absolute Gasteiger partial charge is 0.456 e. The van der Waals surface area contributed by atoms with Crippen molar-refractivity contribution in [2.75, 3.05) is 14.1 Å². The molecule has 1 aromatic carbocycles. The summed E-state index contributed by atoms with van der Waals surface area (Å²) in [7, 11) is -0.839. The number of ether oxygens (including phenoxy) is 1. The summed E-state index contributed by atoms with van der Waals surface area (Å²) in [6.07, 6.45) is 0. The minimum absolute atomic E-state index is 0.00143. The summed E-state index contributed by atoms with van der Waals surface area (Å²) in [5.74, 6) is -0.698. The van der Waals surface area contributed by atoms with Crippen LogP contribution in [0, 0.1) is 6.92 Å². The van der Waals surface area contributed by atoms with Gasteiger partial charge in [-0.3, -0.25) is 0 Å². The highest BCUT2D eigenvalue weighted by atomic mass is 35.5. The molecule has 2 rings (SSSR count). The lowest BCUT2D eigenvalue weighted by Gasteiger charge is -2.13. The summed E-state index contributed by atoms with van der Waals surface area (Å²) < 4.78 is 30.5. The third kappa shape index (κ3) is 4.08. The predicted octanol–water partition coefficient (Wildman–Crippen LogP) is 2.71. The highest BCUT2D eigenvalue weighted by Gasteiger charge is 2.21. The Morgan fingerprint density at radius 1 is 1.39 bits per heavy atom. The molecule has 0 unspecified atom stereocenters.